The number of hydrogen-bond donors (Lipinski definition) is 1. The third-order valence-electron chi connectivity index (χ3n) is 3.95. The molecule has 0 aromatic rings. The third-order valence-corrected chi connectivity index (χ3v) is 3.95. The molecule has 0 radical (unpaired) electrons. The summed E-state index contributed by atoms with van der Waals surface area (Å²) in [4.78, 5) is 2.74. The van der Waals surface area contributed by atoms with Crippen LogP contribution >= 0.6 is 0 Å². The summed E-state index contributed by atoms with van der Waals surface area (Å²) >= 11 is 0. The molecule has 0 aromatic carbocycles. The number of nitrogens with zero attached hydrogens (tertiary/aromatic N) is 1. The van der Waals surface area contributed by atoms with E-state index in [-0.39, 0.29) is 0 Å². The van der Waals surface area contributed by atoms with Gasteiger partial charge in [-0.25, -0.2) is 0 Å². The van der Waals surface area contributed by atoms with Crippen LogP contribution in [0.2, 0.25) is 0 Å². The lowest BCUT2D eigenvalue weighted by molar-refractivity contribution is 0.0958. The standard InChI is InChI=1S/C12H24N2/c1-9-4-5-12(6-9)14-8-10(2)13-7-11(14)3/h9-13H,4-8H2,1-3H3. The maximum Gasteiger partial charge on any atom is 0.0196 e. The van der Waals surface area contributed by atoms with Gasteiger partial charge in [-0.2, -0.15) is 0 Å². The molecule has 2 nitrogen and oxygen atoms in total. The van der Waals surface area contributed by atoms with Crippen molar-refractivity contribution in [1.29, 1.82) is 0 Å². The van der Waals surface area contributed by atoms with Crippen molar-refractivity contribution in [2.24, 2.45) is 5.92 Å². The first-order valence-electron chi connectivity index (χ1n) is 6.16. The Labute approximate surface area is 88.1 Å². The van der Waals surface area contributed by atoms with Crippen molar-refractivity contribution in [3.8, 4) is 0 Å². The van der Waals surface area contributed by atoms with Gasteiger partial charge < -0.3 is 5.32 Å². The molecule has 2 fully saturated rings. The number of hydrogen-bond acceptors (Lipinski definition) is 2. The Bertz CT molecular complexity index is 193. The van der Waals surface area contributed by atoms with Crippen LogP contribution in [0.4, 0.5) is 0 Å². The minimum absolute atomic E-state index is 0.683. The fraction of sp³-hybridized carbons (Fsp3) is 1.00. The summed E-state index contributed by atoms with van der Waals surface area (Å²) in [7, 11) is 0. The highest BCUT2D eigenvalue weighted by atomic mass is 15.2. The SMILES string of the molecule is CC1CCC(N2CC(C)NCC2C)C1. The molecule has 0 bridgehead atoms. The fourth-order valence-corrected chi connectivity index (χ4v) is 3.04. The molecular weight excluding hydrogens is 172 g/mol. The zero-order valence-corrected chi connectivity index (χ0v) is 9.79. The Kier molecular flexibility index (Phi) is 3.13. The van der Waals surface area contributed by atoms with E-state index >= 15 is 0 Å². The molecule has 2 heteroatoms. The van der Waals surface area contributed by atoms with E-state index in [9.17, 15) is 0 Å². The molecule has 0 amide bonds. The number of nitrogens with one attached hydrogen (secondary N) is 1. The van der Waals surface area contributed by atoms with E-state index in [0.29, 0.717) is 6.04 Å². The minimum atomic E-state index is 0.683. The zero-order valence-electron chi connectivity index (χ0n) is 9.79. The lowest BCUT2D eigenvalue weighted by Crippen LogP contribution is -2.57. The van der Waals surface area contributed by atoms with E-state index in [1.54, 1.807) is 0 Å². The molecule has 2 aliphatic rings. The van der Waals surface area contributed by atoms with Crippen molar-refractivity contribution in [1.82, 2.24) is 10.2 Å². The van der Waals surface area contributed by atoms with E-state index in [1.807, 2.05) is 0 Å². The van der Waals surface area contributed by atoms with Gasteiger partial charge in [0.25, 0.3) is 0 Å². The van der Waals surface area contributed by atoms with Crippen molar-refractivity contribution in [3.63, 3.8) is 0 Å². The van der Waals surface area contributed by atoms with E-state index in [0.717, 1.165) is 18.0 Å². The molecule has 1 saturated heterocycles. The van der Waals surface area contributed by atoms with Gasteiger partial charge in [-0.05, 0) is 39.0 Å². The first-order chi connectivity index (χ1) is 6.66. The second kappa shape index (κ2) is 4.19. The third kappa shape index (κ3) is 2.12. The first-order valence-corrected chi connectivity index (χ1v) is 6.16. The summed E-state index contributed by atoms with van der Waals surface area (Å²) < 4.78 is 0. The van der Waals surface area contributed by atoms with E-state index in [1.165, 1.54) is 32.4 Å². The van der Waals surface area contributed by atoms with E-state index < -0.39 is 0 Å². The summed E-state index contributed by atoms with van der Waals surface area (Å²) in [5, 5.41) is 3.55. The van der Waals surface area contributed by atoms with Gasteiger partial charge in [0.05, 0.1) is 0 Å². The van der Waals surface area contributed by atoms with Crippen LogP contribution in [-0.4, -0.2) is 36.1 Å². The Morgan fingerprint density at radius 2 is 1.93 bits per heavy atom. The summed E-state index contributed by atoms with van der Waals surface area (Å²) in [6.07, 6.45) is 4.30. The second-order valence-electron chi connectivity index (χ2n) is 5.43. The molecule has 14 heavy (non-hydrogen) atoms. The quantitative estimate of drug-likeness (QED) is 0.688. The maximum atomic E-state index is 3.55. The topological polar surface area (TPSA) is 15.3 Å². The first kappa shape index (κ1) is 10.4. The molecule has 0 aromatic heterocycles. The van der Waals surface area contributed by atoms with Crippen LogP contribution in [0.1, 0.15) is 40.0 Å². The van der Waals surface area contributed by atoms with Gasteiger partial charge in [0.1, 0.15) is 0 Å². The predicted octanol–water partition coefficient (Wildman–Crippen LogP) is 1.86. The van der Waals surface area contributed by atoms with Gasteiger partial charge in [0.2, 0.25) is 0 Å². The van der Waals surface area contributed by atoms with Crippen LogP contribution in [0.15, 0.2) is 0 Å². The predicted molar refractivity (Wildman–Crippen MR) is 60.4 cm³/mol. The average molecular weight is 196 g/mol. The normalized spacial score (nSPS) is 45.6. The summed E-state index contributed by atoms with van der Waals surface area (Å²) in [5.41, 5.74) is 0. The molecule has 1 N–H and O–H groups in total. The highest BCUT2D eigenvalue weighted by molar-refractivity contribution is 4.89. The summed E-state index contributed by atoms with van der Waals surface area (Å²) in [5.74, 6) is 0.956. The van der Waals surface area contributed by atoms with Crippen molar-refractivity contribution < 1.29 is 0 Å². The summed E-state index contributed by atoms with van der Waals surface area (Å²) in [6, 6.07) is 2.30. The van der Waals surface area contributed by atoms with Crippen molar-refractivity contribution >= 4 is 0 Å². The number of piperazine rings is 1. The molecule has 82 valence electrons. The second-order valence-corrected chi connectivity index (χ2v) is 5.43. The van der Waals surface area contributed by atoms with Crippen LogP contribution in [0.25, 0.3) is 0 Å². The van der Waals surface area contributed by atoms with E-state index in [4.69, 9.17) is 0 Å². The van der Waals surface area contributed by atoms with Gasteiger partial charge in [0.15, 0.2) is 0 Å². The van der Waals surface area contributed by atoms with Gasteiger partial charge in [0, 0.05) is 31.2 Å². The molecule has 1 aliphatic heterocycles. The average Bonchev–Trinajstić information content (AvgIpc) is 2.56. The number of rotatable bonds is 1. The Morgan fingerprint density at radius 3 is 2.57 bits per heavy atom. The van der Waals surface area contributed by atoms with Gasteiger partial charge in [-0.1, -0.05) is 6.92 Å². The molecule has 4 unspecified atom stereocenters. The van der Waals surface area contributed by atoms with Crippen molar-refractivity contribution in [3.05, 3.63) is 0 Å². The molecular formula is C12H24N2. The monoisotopic (exact) mass is 196 g/mol. The van der Waals surface area contributed by atoms with Crippen LogP contribution in [0.3, 0.4) is 0 Å². The Hall–Kier alpha value is -0.0800. The Balaban J connectivity index is 1.94. The van der Waals surface area contributed by atoms with Crippen LogP contribution in [0.5, 0.6) is 0 Å². The van der Waals surface area contributed by atoms with Gasteiger partial charge in [-0.3, -0.25) is 4.90 Å². The fourth-order valence-electron chi connectivity index (χ4n) is 3.04. The largest absolute Gasteiger partial charge is 0.311 e. The molecule has 1 aliphatic carbocycles. The smallest absolute Gasteiger partial charge is 0.0196 e. The molecule has 4 atom stereocenters. The van der Waals surface area contributed by atoms with Crippen LogP contribution in [-0.2, 0) is 0 Å². The highest BCUT2D eigenvalue weighted by Crippen LogP contribution is 2.30. The van der Waals surface area contributed by atoms with Gasteiger partial charge in [-0.15, -0.1) is 0 Å². The van der Waals surface area contributed by atoms with E-state index in [2.05, 4.69) is 31.0 Å². The molecule has 0 spiro atoms. The van der Waals surface area contributed by atoms with Crippen molar-refractivity contribution in [2.75, 3.05) is 13.1 Å². The lowest BCUT2D eigenvalue weighted by Gasteiger charge is -2.41. The highest BCUT2D eigenvalue weighted by Gasteiger charge is 2.32. The van der Waals surface area contributed by atoms with Gasteiger partial charge >= 0.3 is 0 Å². The molecule has 1 saturated carbocycles. The minimum Gasteiger partial charge on any atom is -0.311 e. The molecule has 1 heterocycles. The zero-order chi connectivity index (χ0) is 10.1. The molecule has 2 rings (SSSR count). The maximum absolute atomic E-state index is 3.55. The Morgan fingerprint density at radius 1 is 1.14 bits per heavy atom. The van der Waals surface area contributed by atoms with Crippen LogP contribution < -0.4 is 5.32 Å². The lowest BCUT2D eigenvalue weighted by atomic mass is 10.1. The van der Waals surface area contributed by atoms with Crippen LogP contribution in [0, 0.1) is 5.92 Å². The van der Waals surface area contributed by atoms with Crippen molar-refractivity contribution in [2.45, 2.75) is 58.2 Å². The summed E-state index contributed by atoms with van der Waals surface area (Å²) in [6.45, 7) is 9.49.